The van der Waals surface area contributed by atoms with E-state index < -0.39 is 10.0 Å². The molecule has 3 aromatic rings. The van der Waals surface area contributed by atoms with Crippen molar-refractivity contribution in [1.29, 1.82) is 0 Å². The number of aromatic nitrogens is 3. The first-order chi connectivity index (χ1) is 12.8. The van der Waals surface area contributed by atoms with Crippen molar-refractivity contribution in [2.24, 2.45) is 5.14 Å². The average molecular weight is 388 g/mol. The third-order valence-electron chi connectivity index (χ3n) is 4.17. The van der Waals surface area contributed by atoms with Crippen molar-refractivity contribution in [3.8, 4) is 17.5 Å². The highest BCUT2D eigenvalue weighted by molar-refractivity contribution is 7.89. The lowest BCUT2D eigenvalue weighted by molar-refractivity contribution is 0.404. The molecule has 0 spiro atoms. The molecule has 8 nitrogen and oxygen atoms in total. The van der Waals surface area contributed by atoms with E-state index in [-0.39, 0.29) is 22.6 Å². The number of hydrogen-bond acceptors (Lipinski definition) is 6. The minimum atomic E-state index is -3.87. The molecule has 9 heteroatoms. The number of phenols is 1. The molecule has 0 bridgehead atoms. The molecule has 0 saturated heterocycles. The van der Waals surface area contributed by atoms with Crippen LogP contribution in [-0.2, 0) is 16.6 Å². The van der Waals surface area contributed by atoms with Crippen LogP contribution in [0, 0.1) is 0 Å². The van der Waals surface area contributed by atoms with Crippen LogP contribution in [0.1, 0.15) is 31.2 Å². The molecule has 0 saturated carbocycles. The predicted octanol–water partition coefficient (Wildman–Crippen LogP) is 2.60. The number of sulfonamides is 1. The summed E-state index contributed by atoms with van der Waals surface area (Å²) in [5.41, 5.74) is 0.533. The number of nitrogens with zero attached hydrogens (tertiary/aromatic N) is 3. The van der Waals surface area contributed by atoms with E-state index in [1.165, 1.54) is 18.2 Å². The Hall–Kier alpha value is -2.91. The number of hydrogen-bond donors (Lipinski definition) is 2. The number of aromatic hydroxyl groups is 1. The van der Waals surface area contributed by atoms with Crippen LogP contribution < -0.4 is 9.88 Å². The summed E-state index contributed by atoms with van der Waals surface area (Å²) < 4.78 is 31.3. The van der Waals surface area contributed by atoms with Crippen molar-refractivity contribution in [1.82, 2.24) is 14.8 Å². The number of nitrogens with two attached hydrogens (primary N) is 1. The van der Waals surface area contributed by atoms with Crippen LogP contribution >= 0.6 is 0 Å². The summed E-state index contributed by atoms with van der Waals surface area (Å²) >= 11 is 0. The molecule has 142 valence electrons. The molecular formula is C18H20N4O4S. The molecule has 0 aliphatic carbocycles. The normalized spacial score (nSPS) is 12.7. The zero-order valence-corrected chi connectivity index (χ0v) is 15.7. The van der Waals surface area contributed by atoms with Crippen LogP contribution in [0.3, 0.4) is 0 Å². The van der Waals surface area contributed by atoms with Gasteiger partial charge in [0.1, 0.15) is 17.3 Å². The van der Waals surface area contributed by atoms with Gasteiger partial charge in [0.25, 0.3) is 0 Å². The Labute approximate surface area is 157 Å². The fourth-order valence-electron chi connectivity index (χ4n) is 2.88. The molecule has 27 heavy (non-hydrogen) atoms. The first kappa shape index (κ1) is 18.9. The summed E-state index contributed by atoms with van der Waals surface area (Å²) in [6, 6.07) is 13.1. The van der Waals surface area contributed by atoms with Crippen LogP contribution in [0.25, 0.3) is 0 Å². The lowest BCUT2D eigenvalue weighted by atomic mass is 10.0. The molecule has 0 fully saturated rings. The minimum Gasteiger partial charge on any atom is -0.508 e. The van der Waals surface area contributed by atoms with Gasteiger partial charge in [0, 0.05) is 18.5 Å². The molecule has 0 unspecified atom stereocenters. The van der Waals surface area contributed by atoms with Gasteiger partial charge < -0.3 is 9.84 Å². The molecule has 0 amide bonds. The summed E-state index contributed by atoms with van der Waals surface area (Å²) in [4.78, 5) is 0.0543. The van der Waals surface area contributed by atoms with Crippen molar-refractivity contribution in [2.45, 2.75) is 31.2 Å². The smallest absolute Gasteiger partial charge is 0.322 e. The van der Waals surface area contributed by atoms with Crippen LogP contribution in [0.15, 0.2) is 53.4 Å². The predicted molar refractivity (Wildman–Crippen MR) is 99.2 cm³/mol. The van der Waals surface area contributed by atoms with E-state index in [4.69, 9.17) is 9.88 Å². The van der Waals surface area contributed by atoms with Gasteiger partial charge in [-0.2, -0.15) is 0 Å². The lowest BCUT2D eigenvalue weighted by Crippen LogP contribution is -2.17. The zero-order chi connectivity index (χ0) is 19.6. The summed E-state index contributed by atoms with van der Waals surface area (Å²) in [6.45, 7) is 4.25. The van der Waals surface area contributed by atoms with E-state index in [9.17, 15) is 13.5 Å². The van der Waals surface area contributed by atoms with Crippen LogP contribution in [-0.4, -0.2) is 28.3 Å². The molecule has 0 aliphatic rings. The monoisotopic (exact) mass is 388 g/mol. The van der Waals surface area contributed by atoms with Gasteiger partial charge in [-0.3, -0.25) is 4.57 Å². The van der Waals surface area contributed by atoms with Gasteiger partial charge in [0.15, 0.2) is 0 Å². The highest BCUT2D eigenvalue weighted by Gasteiger charge is 2.24. The summed E-state index contributed by atoms with van der Waals surface area (Å²) in [5.74, 6) is 0.657. The van der Waals surface area contributed by atoms with E-state index in [1.807, 2.05) is 13.8 Å². The average Bonchev–Trinajstić information content (AvgIpc) is 3.03. The van der Waals surface area contributed by atoms with Crippen molar-refractivity contribution in [3.63, 3.8) is 0 Å². The van der Waals surface area contributed by atoms with Gasteiger partial charge in [-0.15, -0.1) is 5.10 Å². The standard InChI is InChI=1S/C18H20N4O4S/c1-3-22-17(12(2)15-9-4-5-10-16(15)27(19,24)25)20-21-18(22)26-14-8-6-7-13(23)11-14/h4-12,23H,3H2,1-2H3,(H2,19,24,25)/t12-/m1/s1. The Kier molecular flexibility index (Phi) is 5.15. The second kappa shape index (κ2) is 7.37. The van der Waals surface area contributed by atoms with Crippen molar-refractivity contribution in [2.75, 3.05) is 0 Å². The number of phenolic OH excluding ortho intramolecular Hbond substituents is 1. The maximum Gasteiger partial charge on any atom is 0.322 e. The Morgan fingerprint density at radius 3 is 2.59 bits per heavy atom. The molecule has 1 aromatic heterocycles. The molecule has 1 atom stereocenters. The van der Waals surface area contributed by atoms with E-state index >= 15 is 0 Å². The second-order valence-electron chi connectivity index (χ2n) is 5.99. The maximum absolute atomic E-state index is 11.9. The largest absolute Gasteiger partial charge is 0.508 e. The lowest BCUT2D eigenvalue weighted by Gasteiger charge is -2.16. The molecule has 3 rings (SSSR count). The SMILES string of the molecule is CCn1c(Oc2cccc(O)c2)nnc1[C@H](C)c1ccccc1S(N)(=O)=O. The quantitative estimate of drug-likeness (QED) is 0.670. The highest BCUT2D eigenvalue weighted by Crippen LogP contribution is 2.31. The van der Waals surface area contributed by atoms with Crippen LogP contribution in [0.4, 0.5) is 0 Å². The molecular weight excluding hydrogens is 368 g/mol. The van der Waals surface area contributed by atoms with Gasteiger partial charge in [-0.25, -0.2) is 13.6 Å². The fourth-order valence-corrected chi connectivity index (χ4v) is 3.72. The first-order valence-electron chi connectivity index (χ1n) is 8.33. The number of ether oxygens (including phenoxy) is 1. The third kappa shape index (κ3) is 3.93. The Morgan fingerprint density at radius 2 is 1.93 bits per heavy atom. The van der Waals surface area contributed by atoms with Crippen LogP contribution in [0.5, 0.6) is 17.5 Å². The molecule has 0 radical (unpaired) electrons. The van der Waals surface area contributed by atoms with E-state index in [2.05, 4.69) is 10.2 Å². The molecule has 3 N–H and O–H groups in total. The second-order valence-corrected chi connectivity index (χ2v) is 7.52. The van der Waals surface area contributed by atoms with Gasteiger partial charge >= 0.3 is 6.01 Å². The topological polar surface area (TPSA) is 120 Å². The summed E-state index contributed by atoms with van der Waals surface area (Å²) in [7, 11) is -3.87. The van der Waals surface area contributed by atoms with Gasteiger partial charge in [-0.05, 0) is 30.7 Å². The molecule has 2 aromatic carbocycles. The summed E-state index contributed by atoms with van der Waals surface area (Å²) in [6.07, 6.45) is 0. The maximum atomic E-state index is 11.9. The van der Waals surface area contributed by atoms with E-state index in [0.717, 1.165) is 0 Å². The Bertz CT molecular complexity index is 1060. The van der Waals surface area contributed by atoms with Gasteiger partial charge in [0.2, 0.25) is 10.0 Å². The number of benzene rings is 2. The van der Waals surface area contributed by atoms with Crippen molar-refractivity contribution in [3.05, 3.63) is 59.9 Å². The fraction of sp³-hybridized carbons (Fsp3) is 0.222. The van der Waals surface area contributed by atoms with Crippen LogP contribution in [0.2, 0.25) is 0 Å². The van der Waals surface area contributed by atoms with Gasteiger partial charge in [-0.1, -0.05) is 36.3 Å². The number of primary sulfonamides is 1. The van der Waals surface area contributed by atoms with E-state index in [1.54, 1.807) is 34.9 Å². The van der Waals surface area contributed by atoms with Crippen molar-refractivity contribution >= 4 is 10.0 Å². The molecule has 0 aliphatic heterocycles. The van der Waals surface area contributed by atoms with Crippen molar-refractivity contribution < 1.29 is 18.3 Å². The van der Waals surface area contributed by atoms with E-state index in [0.29, 0.717) is 23.7 Å². The molecule has 1 heterocycles. The minimum absolute atomic E-state index is 0.0543. The van der Waals surface area contributed by atoms with Gasteiger partial charge in [0.05, 0.1) is 4.90 Å². The Balaban J connectivity index is 2.00. The highest BCUT2D eigenvalue weighted by atomic mass is 32.2. The zero-order valence-electron chi connectivity index (χ0n) is 14.9. The third-order valence-corrected chi connectivity index (χ3v) is 5.15. The first-order valence-corrected chi connectivity index (χ1v) is 9.87. The Morgan fingerprint density at radius 1 is 1.19 bits per heavy atom. The number of rotatable bonds is 6. The summed E-state index contributed by atoms with van der Waals surface area (Å²) in [5, 5.41) is 23.2.